The van der Waals surface area contributed by atoms with Crippen LogP contribution in [0.5, 0.6) is 0 Å². The van der Waals surface area contributed by atoms with Crippen molar-refractivity contribution in [2.45, 2.75) is 6.42 Å². The summed E-state index contributed by atoms with van der Waals surface area (Å²) in [7, 11) is 0. The summed E-state index contributed by atoms with van der Waals surface area (Å²) in [6.45, 7) is 0.415. The number of halogens is 2. The van der Waals surface area contributed by atoms with Gasteiger partial charge < -0.3 is 4.90 Å². The van der Waals surface area contributed by atoms with E-state index in [4.69, 9.17) is 11.6 Å². The smallest absolute Gasteiger partial charge is 0.294 e. The van der Waals surface area contributed by atoms with Gasteiger partial charge >= 0.3 is 0 Å². The van der Waals surface area contributed by atoms with Gasteiger partial charge in [0.1, 0.15) is 5.69 Å². The number of fused-ring (bicyclic) bond motifs is 1. The van der Waals surface area contributed by atoms with E-state index in [2.05, 4.69) is 15.9 Å². The van der Waals surface area contributed by atoms with Crippen LogP contribution >= 0.6 is 27.5 Å². The molecule has 0 atom stereocenters. The van der Waals surface area contributed by atoms with E-state index in [1.165, 1.54) is 11.0 Å². The molecule has 22 heavy (non-hydrogen) atoms. The molecule has 3 rings (SSSR count). The molecular formula is C15H10BrClN2O3. The lowest BCUT2D eigenvalue weighted by molar-refractivity contribution is -0.384. The minimum absolute atomic E-state index is 0.0720. The molecule has 2 aromatic rings. The third kappa shape index (κ3) is 2.60. The number of anilines is 1. The summed E-state index contributed by atoms with van der Waals surface area (Å²) < 4.78 is 0.634. The number of nitrogens with zero attached hydrogens (tertiary/aromatic N) is 2. The van der Waals surface area contributed by atoms with Gasteiger partial charge in [0, 0.05) is 27.7 Å². The quantitative estimate of drug-likeness (QED) is 0.578. The van der Waals surface area contributed by atoms with E-state index >= 15 is 0 Å². The van der Waals surface area contributed by atoms with Gasteiger partial charge in [-0.15, -0.1) is 0 Å². The molecule has 0 saturated heterocycles. The molecule has 0 saturated carbocycles. The van der Waals surface area contributed by atoms with E-state index in [-0.39, 0.29) is 11.6 Å². The Morgan fingerprint density at radius 1 is 1.32 bits per heavy atom. The lowest BCUT2D eigenvalue weighted by Gasteiger charge is -2.17. The molecule has 0 spiro atoms. The highest BCUT2D eigenvalue weighted by molar-refractivity contribution is 9.10. The van der Waals surface area contributed by atoms with Gasteiger partial charge in [-0.2, -0.15) is 0 Å². The number of hydrogen-bond acceptors (Lipinski definition) is 3. The van der Waals surface area contributed by atoms with E-state index < -0.39 is 4.92 Å². The van der Waals surface area contributed by atoms with Gasteiger partial charge in [0.2, 0.25) is 0 Å². The molecule has 112 valence electrons. The summed E-state index contributed by atoms with van der Waals surface area (Å²) in [4.78, 5) is 24.9. The fourth-order valence-electron chi connectivity index (χ4n) is 2.61. The Morgan fingerprint density at radius 3 is 2.77 bits per heavy atom. The van der Waals surface area contributed by atoms with Gasteiger partial charge in [-0.05, 0) is 36.2 Å². The van der Waals surface area contributed by atoms with E-state index in [1.807, 2.05) is 6.07 Å². The van der Waals surface area contributed by atoms with Crippen LogP contribution in [0.2, 0.25) is 5.02 Å². The Kier molecular flexibility index (Phi) is 3.88. The van der Waals surface area contributed by atoms with Crippen LogP contribution in [0.1, 0.15) is 15.9 Å². The zero-order valence-electron chi connectivity index (χ0n) is 11.3. The number of benzene rings is 2. The molecule has 1 aliphatic rings. The zero-order valence-corrected chi connectivity index (χ0v) is 13.6. The number of carbonyl (C=O) groups is 1. The van der Waals surface area contributed by atoms with Crippen LogP contribution in [0.3, 0.4) is 0 Å². The van der Waals surface area contributed by atoms with E-state index in [0.717, 1.165) is 5.56 Å². The summed E-state index contributed by atoms with van der Waals surface area (Å²) in [6.07, 6.45) is 0.585. The number of nitro groups is 1. The SMILES string of the molecule is O=C(c1cccc(Cl)c1)N1CCc2cc(Br)cc([N+](=O)[O-])c21. The highest BCUT2D eigenvalue weighted by Crippen LogP contribution is 2.40. The molecule has 0 radical (unpaired) electrons. The zero-order chi connectivity index (χ0) is 15.9. The Bertz CT molecular complexity index is 794. The Morgan fingerprint density at radius 2 is 2.09 bits per heavy atom. The number of carbonyl (C=O) groups excluding carboxylic acids is 1. The minimum atomic E-state index is -0.465. The first-order valence-corrected chi connectivity index (χ1v) is 7.68. The number of hydrogen-bond donors (Lipinski definition) is 0. The van der Waals surface area contributed by atoms with Crippen molar-refractivity contribution in [3.63, 3.8) is 0 Å². The number of rotatable bonds is 2. The van der Waals surface area contributed by atoms with Crippen LogP contribution < -0.4 is 4.90 Å². The average molecular weight is 382 g/mol. The first-order valence-electron chi connectivity index (χ1n) is 6.51. The molecule has 1 amide bonds. The van der Waals surface area contributed by atoms with Gasteiger partial charge in [0.25, 0.3) is 11.6 Å². The highest BCUT2D eigenvalue weighted by Gasteiger charge is 2.33. The van der Waals surface area contributed by atoms with E-state index in [1.54, 1.807) is 24.3 Å². The molecular weight excluding hydrogens is 372 g/mol. The van der Waals surface area contributed by atoms with Gasteiger partial charge in [-0.1, -0.05) is 33.6 Å². The molecule has 5 nitrogen and oxygen atoms in total. The van der Waals surface area contributed by atoms with Gasteiger partial charge in [-0.25, -0.2) is 0 Å². The maximum Gasteiger partial charge on any atom is 0.294 e. The molecule has 0 N–H and O–H groups in total. The lowest BCUT2D eigenvalue weighted by atomic mass is 10.1. The monoisotopic (exact) mass is 380 g/mol. The van der Waals surface area contributed by atoms with Crippen LogP contribution in [0, 0.1) is 10.1 Å². The highest BCUT2D eigenvalue weighted by atomic mass is 79.9. The first-order chi connectivity index (χ1) is 10.5. The topological polar surface area (TPSA) is 63.5 Å². The maximum absolute atomic E-state index is 12.7. The third-order valence-corrected chi connectivity index (χ3v) is 4.21. The minimum Gasteiger partial charge on any atom is -0.302 e. The summed E-state index contributed by atoms with van der Waals surface area (Å²) >= 11 is 9.18. The second-order valence-electron chi connectivity index (χ2n) is 4.91. The maximum atomic E-state index is 12.7. The lowest BCUT2D eigenvalue weighted by Crippen LogP contribution is -2.29. The molecule has 0 aliphatic carbocycles. The van der Waals surface area contributed by atoms with E-state index in [0.29, 0.717) is 33.7 Å². The molecule has 0 bridgehead atoms. The van der Waals surface area contributed by atoms with E-state index in [9.17, 15) is 14.9 Å². The molecule has 2 aromatic carbocycles. The Balaban J connectivity index is 2.07. The fourth-order valence-corrected chi connectivity index (χ4v) is 3.29. The summed E-state index contributed by atoms with van der Waals surface area (Å²) in [6, 6.07) is 9.80. The van der Waals surface area contributed by atoms with Crippen molar-refractivity contribution in [1.82, 2.24) is 0 Å². The van der Waals surface area contributed by atoms with Crippen molar-refractivity contribution in [3.8, 4) is 0 Å². The third-order valence-electron chi connectivity index (χ3n) is 3.52. The van der Waals surface area contributed by atoms with Gasteiger partial charge in [-0.3, -0.25) is 14.9 Å². The average Bonchev–Trinajstić information content (AvgIpc) is 2.89. The van der Waals surface area contributed by atoms with Crippen LogP contribution in [0.15, 0.2) is 40.9 Å². The van der Waals surface area contributed by atoms with Crippen LogP contribution in [0.4, 0.5) is 11.4 Å². The van der Waals surface area contributed by atoms with Crippen molar-refractivity contribution in [1.29, 1.82) is 0 Å². The van der Waals surface area contributed by atoms with Gasteiger partial charge in [0.15, 0.2) is 0 Å². The van der Waals surface area contributed by atoms with Gasteiger partial charge in [0.05, 0.1) is 4.92 Å². The standard InChI is InChI=1S/C15H10BrClN2O3/c16-11-6-9-4-5-18(14(9)13(8-11)19(21)22)15(20)10-2-1-3-12(17)7-10/h1-3,6-8H,4-5H2. The Hall–Kier alpha value is -1.92. The summed E-state index contributed by atoms with van der Waals surface area (Å²) in [5.41, 5.74) is 1.50. The summed E-state index contributed by atoms with van der Waals surface area (Å²) in [5.74, 6) is -0.285. The van der Waals surface area contributed by atoms with Crippen molar-refractivity contribution in [2.24, 2.45) is 0 Å². The summed E-state index contributed by atoms with van der Waals surface area (Å²) in [5, 5.41) is 11.8. The molecule has 0 aromatic heterocycles. The van der Waals surface area contributed by atoms with Crippen molar-refractivity contribution >= 4 is 44.8 Å². The van der Waals surface area contributed by atoms with Crippen LogP contribution in [-0.2, 0) is 6.42 Å². The normalized spacial score (nSPS) is 13.1. The first kappa shape index (κ1) is 15.0. The van der Waals surface area contributed by atoms with Crippen molar-refractivity contribution in [2.75, 3.05) is 11.4 Å². The number of nitro benzene ring substituents is 1. The van der Waals surface area contributed by atoms with Crippen molar-refractivity contribution in [3.05, 3.63) is 67.1 Å². The fraction of sp³-hybridized carbons (Fsp3) is 0.133. The predicted octanol–water partition coefficient (Wildman–Crippen LogP) is 4.21. The second-order valence-corrected chi connectivity index (χ2v) is 6.26. The predicted molar refractivity (Wildman–Crippen MR) is 87.6 cm³/mol. The molecule has 0 fully saturated rings. The number of amides is 1. The van der Waals surface area contributed by atoms with Crippen LogP contribution in [-0.4, -0.2) is 17.4 Å². The second kappa shape index (κ2) is 5.70. The largest absolute Gasteiger partial charge is 0.302 e. The van der Waals surface area contributed by atoms with Crippen LogP contribution in [0.25, 0.3) is 0 Å². The molecule has 1 heterocycles. The Labute approximate surface area is 139 Å². The molecule has 0 unspecified atom stereocenters. The molecule has 1 aliphatic heterocycles. The molecule has 7 heteroatoms. The van der Waals surface area contributed by atoms with Crippen molar-refractivity contribution < 1.29 is 9.72 Å².